The van der Waals surface area contributed by atoms with Crippen molar-refractivity contribution in [1.82, 2.24) is 4.90 Å². The largest absolute Gasteiger partial charge is 0.377 e. The van der Waals surface area contributed by atoms with Crippen LogP contribution in [0.25, 0.3) is 0 Å². The first-order chi connectivity index (χ1) is 5.69. The van der Waals surface area contributed by atoms with Gasteiger partial charge in [-0.05, 0) is 0 Å². The first-order valence-corrected chi connectivity index (χ1v) is 3.79. The normalized spacial score (nSPS) is 29.3. The van der Waals surface area contributed by atoms with Crippen molar-refractivity contribution < 1.29 is 14.3 Å². The molecular formula is C7H14N2O3. The zero-order valence-corrected chi connectivity index (χ0v) is 7.32. The van der Waals surface area contributed by atoms with Crippen molar-refractivity contribution in [3.63, 3.8) is 0 Å². The Morgan fingerprint density at radius 2 is 1.75 bits per heavy atom. The van der Waals surface area contributed by atoms with E-state index in [0.29, 0.717) is 13.1 Å². The number of nitrogens with two attached hydrogens (primary N) is 1. The first-order valence-electron chi connectivity index (χ1n) is 3.79. The van der Waals surface area contributed by atoms with Gasteiger partial charge < -0.3 is 20.1 Å². The molecule has 1 saturated heterocycles. The molecule has 0 spiro atoms. The van der Waals surface area contributed by atoms with Gasteiger partial charge in [0.1, 0.15) is 12.2 Å². The van der Waals surface area contributed by atoms with Crippen LogP contribution in [0.3, 0.4) is 0 Å². The van der Waals surface area contributed by atoms with Gasteiger partial charge in [-0.15, -0.1) is 0 Å². The van der Waals surface area contributed by atoms with Crippen LogP contribution in [0, 0.1) is 0 Å². The fourth-order valence-corrected chi connectivity index (χ4v) is 1.38. The van der Waals surface area contributed by atoms with Crippen LogP contribution in [0.5, 0.6) is 0 Å². The van der Waals surface area contributed by atoms with Crippen molar-refractivity contribution in [3.8, 4) is 0 Å². The summed E-state index contributed by atoms with van der Waals surface area (Å²) in [5.74, 6) is 0. The number of nitrogens with zero attached hydrogens (tertiary/aromatic N) is 1. The standard InChI is InChI=1S/C7H14N2O3/c1-11-5-3-9(7(8)10)4-6(5)12-2/h5-6H,3-4H2,1-2H3,(H2,8,10). The highest BCUT2D eigenvalue weighted by molar-refractivity contribution is 5.72. The summed E-state index contributed by atoms with van der Waals surface area (Å²) in [6.07, 6.45) is -0.106. The van der Waals surface area contributed by atoms with Crippen LogP contribution >= 0.6 is 0 Å². The zero-order chi connectivity index (χ0) is 9.14. The summed E-state index contributed by atoms with van der Waals surface area (Å²) in [4.78, 5) is 12.3. The number of rotatable bonds is 2. The van der Waals surface area contributed by atoms with E-state index in [1.54, 1.807) is 14.2 Å². The van der Waals surface area contributed by atoms with Crippen molar-refractivity contribution in [3.05, 3.63) is 0 Å². The third-order valence-corrected chi connectivity index (χ3v) is 2.13. The summed E-state index contributed by atoms with van der Waals surface area (Å²) in [5.41, 5.74) is 5.11. The summed E-state index contributed by atoms with van der Waals surface area (Å²) in [6, 6.07) is -0.420. The molecule has 2 amide bonds. The van der Waals surface area contributed by atoms with Crippen molar-refractivity contribution >= 4 is 6.03 Å². The molecule has 0 aromatic rings. The van der Waals surface area contributed by atoms with Gasteiger partial charge in [0.25, 0.3) is 0 Å². The molecule has 0 saturated carbocycles. The van der Waals surface area contributed by atoms with Gasteiger partial charge in [0.2, 0.25) is 0 Å². The highest BCUT2D eigenvalue weighted by Crippen LogP contribution is 2.14. The predicted molar refractivity (Wildman–Crippen MR) is 42.8 cm³/mol. The second-order valence-electron chi connectivity index (χ2n) is 2.79. The molecule has 0 aromatic heterocycles. The summed E-state index contributed by atoms with van der Waals surface area (Å²) in [7, 11) is 3.20. The quantitative estimate of drug-likeness (QED) is 0.608. The minimum absolute atomic E-state index is 0.0532. The third kappa shape index (κ3) is 1.67. The molecule has 12 heavy (non-hydrogen) atoms. The number of urea groups is 1. The number of hydrogen-bond donors (Lipinski definition) is 1. The average Bonchev–Trinajstić information content (AvgIpc) is 2.46. The number of primary amides is 1. The minimum Gasteiger partial charge on any atom is -0.377 e. The molecule has 2 unspecified atom stereocenters. The maximum absolute atomic E-state index is 10.8. The molecule has 5 heteroatoms. The molecule has 70 valence electrons. The lowest BCUT2D eigenvalue weighted by molar-refractivity contribution is -0.00461. The van der Waals surface area contributed by atoms with Crippen LogP contribution in [0.4, 0.5) is 4.79 Å². The maximum Gasteiger partial charge on any atom is 0.314 e. The van der Waals surface area contributed by atoms with Crippen molar-refractivity contribution in [2.75, 3.05) is 27.3 Å². The van der Waals surface area contributed by atoms with E-state index >= 15 is 0 Å². The smallest absolute Gasteiger partial charge is 0.314 e. The number of methoxy groups -OCH3 is 2. The molecule has 5 nitrogen and oxygen atoms in total. The number of ether oxygens (including phenoxy) is 2. The molecule has 1 rings (SSSR count). The Morgan fingerprint density at radius 3 is 2.00 bits per heavy atom. The Bertz CT molecular complexity index is 162. The van der Waals surface area contributed by atoms with Gasteiger partial charge in [0, 0.05) is 14.2 Å². The van der Waals surface area contributed by atoms with Gasteiger partial charge in [-0.1, -0.05) is 0 Å². The fourth-order valence-electron chi connectivity index (χ4n) is 1.38. The first kappa shape index (κ1) is 9.28. The van der Waals surface area contributed by atoms with E-state index in [-0.39, 0.29) is 12.2 Å². The molecule has 1 heterocycles. The third-order valence-electron chi connectivity index (χ3n) is 2.13. The Kier molecular flexibility index (Phi) is 2.88. The SMILES string of the molecule is COC1CN(C(N)=O)CC1OC. The summed E-state index contributed by atoms with van der Waals surface area (Å²) >= 11 is 0. The van der Waals surface area contributed by atoms with Gasteiger partial charge >= 0.3 is 6.03 Å². The number of carbonyl (C=O) groups is 1. The molecule has 2 N–H and O–H groups in total. The van der Waals surface area contributed by atoms with Crippen LogP contribution in [-0.4, -0.2) is 50.4 Å². The Balaban J connectivity index is 2.53. The minimum atomic E-state index is -0.420. The van der Waals surface area contributed by atoms with Gasteiger partial charge in [0.05, 0.1) is 13.1 Å². The Labute approximate surface area is 71.4 Å². The van der Waals surface area contributed by atoms with Crippen LogP contribution in [0.15, 0.2) is 0 Å². The zero-order valence-electron chi connectivity index (χ0n) is 7.32. The maximum atomic E-state index is 10.8. The highest BCUT2D eigenvalue weighted by atomic mass is 16.5. The summed E-state index contributed by atoms with van der Waals surface area (Å²) in [6.45, 7) is 1.04. The van der Waals surface area contributed by atoms with Crippen molar-refractivity contribution in [1.29, 1.82) is 0 Å². The van der Waals surface area contributed by atoms with Crippen molar-refractivity contribution in [2.45, 2.75) is 12.2 Å². The van der Waals surface area contributed by atoms with Crippen LogP contribution < -0.4 is 5.73 Å². The molecule has 1 fully saturated rings. The van der Waals surface area contributed by atoms with E-state index in [2.05, 4.69) is 0 Å². The Morgan fingerprint density at radius 1 is 1.33 bits per heavy atom. The van der Waals surface area contributed by atoms with Gasteiger partial charge in [-0.3, -0.25) is 0 Å². The molecule has 0 bridgehead atoms. The van der Waals surface area contributed by atoms with Crippen LogP contribution in [0.2, 0.25) is 0 Å². The number of hydrogen-bond acceptors (Lipinski definition) is 3. The van der Waals surface area contributed by atoms with E-state index in [1.165, 1.54) is 4.90 Å². The monoisotopic (exact) mass is 174 g/mol. The van der Waals surface area contributed by atoms with E-state index in [9.17, 15) is 4.79 Å². The lowest BCUT2D eigenvalue weighted by Gasteiger charge is -2.13. The second-order valence-corrected chi connectivity index (χ2v) is 2.79. The van der Waals surface area contributed by atoms with E-state index in [4.69, 9.17) is 15.2 Å². The summed E-state index contributed by atoms with van der Waals surface area (Å²) < 4.78 is 10.2. The van der Waals surface area contributed by atoms with E-state index < -0.39 is 6.03 Å². The number of likely N-dealkylation sites (tertiary alicyclic amines) is 1. The predicted octanol–water partition coefficient (Wildman–Crippen LogP) is -0.589. The molecule has 1 aliphatic rings. The topological polar surface area (TPSA) is 64.8 Å². The highest BCUT2D eigenvalue weighted by Gasteiger charge is 2.34. The van der Waals surface area contributed by atoms with Gasteiger partial charge in [-0.2, -0.15) is 0 Å². The van der Waals surface area contributed by atoms with Crippen molar-refractivity contribution in [2.24, 2.45) is 5.73 Å². The number of carbonyl (C=O) groups excluding carboxylic acids is 1. The van der Waals surface area contributed by atoms with Gasteiger partial charge in [-0.25, -0.2) is 4.79 Å². The van der Waals surface area contributed by atoms with E-state index in [1.807, 2.05) is 0 Å². The molecule has 2 atom stereocenters. The average molecular weight is 174 g/mol. The lowest BCUT2D eigenvalue weighted by atomic mass is 10.3. The van der Waals surface area contributed by atoms with Gasteiger partial charge in [0.15, 0.2) is 0 Å². The molecular weight excluding hydrogens is 160 g/mol. The number of amides is 2. The molecule has 0 radical (unpaired) electrons. The van der Waals surface area contributed by atoms with Crippen LogP contribution in [-0.2, 0) is 9.47 Å². The second kappa shape index (κ2) is 3.73. The Hall–Kier alpha value is -0.810. The fraction of sp³-hybridized carbons (Fsp3) is 0.857. The molecule has 1 aliphatic heterocycles. The van der Waals surface area contributed by atoms with E-state index in [0.717, 1.165) is 0 Å². The lowest BCUT2D eigenvalue weighted by Crippen LogP contribution is -2.34. The van der Waals surface area contributed by atoms with Crippen LogP contribution in [0.1, 0.15) is 0 Å². The molecule has 0 aromatic carbocycles. The molecule has 0 aliphatic carbocycles. The summed E-state index contributed by atoms with van der Waals surface area (Å²) in [5, 5.41) is 0.